The zero-order valence-electron chi connectivity index (χ0n) is 25.0. The molecule has 0 radical (unpaired) electrons. The Labute approximate surface area is 261 Å². The minimum Gasteiger partial charge on any atom is -0.444 e. The number of aromatic nitrogens is 6. The van der Waals surface area contributed by atoms with Gasteiger partial charge in [0.25, 0.3) is 5.56 Å². The van der Waals surface area contributed by atoms with Gasteiger partial charge in [0.2, 0.25) is 11.9 Å². The Morgan fingerprint density at radius 1 is 1.09 bits per heavy atom. The molecule has 0 fully saturated rings. The fraction of sp³-hybridized carbons (Fsp3) is 0.323. The van der Waals surface area contributed by atoms with Crippen molar-refractivity contribution in [3.05, 3.63) is 92.9 Å². The van der Waals surface area contributed by atoms with Gasteiger partial charge in [-0.15, -0.1) is 5.10 Å². The number of hydrogen-bond acceptors (Lipinski definition) is 8. The number of benzene rings is 1. The highest BCUT2D eigenvalue weighted by Gasteiger charge is 2.42. The lowest BCUT2D eigenvalue weighted by molar-refractivity contribution is 0.0635. The number of carbonyl (C=O) groups excluding carboxylic acids is 1. The first-order valence-electron chi connectivity index (χ1n) is 14.2. The van der Waals surface area contributed by atoms with Gasteiger partial charge in [-0.2, -0.15) is 13.5 Å². The van der Waals surface area contributed by atoms with E-state index in [1.54, 1.807) is 43.5 Å². The molecule has 3 aromatic heterocycles. The summed E-state index contributed by atoms with van der Waals surface area (Å²) in [7, 11) is 0. The van der Waals surface area contributed by atoms with Crippen molar-refractivity contribution in [3.8, 4) is 16.8 Å². The van der Waals surface area contributed by atoms with Gasteiger partial charge in [-0.05, 0) is 79.1 Å². The molecule has 0 saturated heterocycles. The molecule has 11 nitrogen and oxygen atoms in total. The van der Waals surface area contributed by atoms with Crippen molar-refractivity contribution in [2.45, 2.75) is 58.6 Å². The van der Waals surface area contributed by atoms with Crippen molar-refractivity contribution >= 4 is 29.2 Å². The third-order valence-corrected chi connectivity index (χ3v) is 8.23. The van der Waals surface area contributed by atoms with Gasteiger partial charge in [0, 0.05) is 40.3 Å². The van der Waals surface area contributed by atoms with Gasteiger partial charge in [0.15, 0.2) is 0 Å². The van der Waals surface area contributed by atoms with Crippen LogP contribution in [-0.4, -0.2) is 47.2 Å². The zero-order chi connectivity index (χ0) is 32.2. The summed E-state index contributed by atoms with van der Waals surface area (Å²) in [6, 6.07) is 10.7. The first-order chi connectivity index (χ1) is 21.3. The molecule has 3 atom stereocenters. The second-order valence-electron chi connectivity index (χ2n) is 12.1. The average molecular weight is 635 g/mol. The number of halogens is 3. The van der Waals surface area contributed by atoms with Crippen molar-refractivity contribution in [1.29, 1.82) is 0 Å². The van der Waals surface area contributed by atoms with Crippen molar-refractivity contribution in [2.24, 2.45) is 10.9 Å². The van der Waals surface area contributed by atoms with Gasteiger partial charge in [-0.25, -0.2) is 14.8 Å². The van der Waals surface area contributed by atoms with Crippen LogP contribution in [0.3, 0.4) is 0 Å². The number of amides is 1. The summed E-state index contributed by atoms with van der Waals surface area (Å²) >= 11 is 6.33. The van der Waals surface area contributed by atoms with Crippen LogP contribution in [0.25, 0.3) is 16.8 Å². The molecule has 6 rings (SSSR count). The SMILES string of the molecule is C[C@@H]1[C@@H](C2=C(F)N=C(c3ccc(NC(=O)OC(C)(C)C)nc3F)C2)n2c(cc(-c3cc(Cl)ccc3-n3cnnn3)cc2=O)[C@@H]1C. The molecule has 2 aliphatic heterocycles. The number of nitrogens with one attached hydrogen (secondary N) is 1. The maximum Gasteiger partial charge on any atom is 0.413 e. The number of tetrazole rings is 1. The molecule has 5 heterocycles. The number of carbonyl (C=O) groups is 1. The normalized spacial score (nSPS) is 19.5. The predicted molar refractivity (Wildman–Crippen MR) is 164 cm³/mol. The highest BCUT2D eigenvalue weighted by molar-refractivity contribution is 6.31. The number of aliphatic imine (C=N–C) groups is 1. The minimum atomic E-state index is -0.925. The molecule has 0 spiro atoms. The molecule has 45 heavy (non-hydrogen) atoms. The molecule has 1 N–H and O–H groups in total. The van der Waals surface area contributed by atoms with Crippen LogP contribution in [-0.2, 0) is 4.74 Å². The number of hydrogen-bond donors (Lipinski definition) is 1. The quantitative estimate of drug-likeness (QED) is 0.199. The second kappa shape index (κ2) is 11.3. The Bertz CT molecular complexity index is 1950. The summed E-state index contributed by atoms with van der Waals surface area (Å²) in [5.74, 6) is -2.05. The maximum atomic E-state index is 15.6. The molecule has 1 aromatic carbocycles. The van der Waals surface area contributed by atoms with E-state index in [9.17, 15) is 9.59 Å². The highest BCUT2D eigenvalue weighted by atomic mass is 35.5. The Morgan fingerprint density at radius 2 is 1.87 bits per heavy atom. The molecule has 0 saturated carbocycles. The lowest BCUT2D eigenvalue weighted by atomic mass is 9.86. The van der Waals surface area contributed by atoms with E-state index in [0.717, 1.165) is 5.69 Å². The number of ether oxygens (including phenoxy) is 1. The van der Waals surface area contributed by atoms with E-state index in [1.165, 1.54) is 29.2 Å². The fourth-order valence-electron chi connectivity index (χ4n) is 5.86. The highest BCUT2D eigenvalue weighted by Crippen LogP contribution is 2.48. The first kappa shape index (κ1) is 30.3. The van der Waals surface area contributed by atoms with E-state index >= 15 is 8.78 Å². The predicted octanol–water partition coefficient (Wildman–Crippen LogP) is 6.39. The Morgan fingerprint density at radius 3 is 2.56 bits per heavy atom. The average Bonchev–Trinajstić information content (AvgIpc) is 3.67. The summed E-state index contributed by atoms with van der Waals surface area (Å²) in [5, 5.41) is 14.3. The van der Waals surface area contributed by atoms with Crippen LogP contribution in [0.15, 0.2) is 70.1 Å². The molecule has 0 bridgehead atoms. The number of nitrogens with zero attached hydrogens (tertiary/aromatic N) is 7. The molecule has 14 heteroatoms. The van der Waals surface area contributed by atoms with Crippen LogP contribution in [0, 0.1) is 11.9 Å². The number of anilines is 1. The van der Waals surface area contributed by atoms with Crippen molar-refractivity contribution in [2.75, 3.05) is 5.32 Å². The van der Waals surface area contributed by atoms with Gasteiger partial charge in [0.1, 0.15) is 17.7 Å². The molecule has 232 valence electrons. The van der Waals surface area contributed by atoms with Gasteiger partial charge >= 0.3 is 6.09 Å². The minimum absolute atomic E-state index is 0.00686. The third kappa shape index (κ3) is 5.75. The molecule has 4 aromatic rings. The van der Waals surface area contributed by atoms with Crippen LogP contribution in [0.1, 0.15) is 64.3 Å². The van der Waals surface area contributed by atoms with Crippen LogP contribution >= 0.6 is 11.6 Å². The summed E-state index contributed by atoms with van der Waals surface area (Å²) in [6.07, 6.45) is 0.648. The van der Waals surface area contributed by atoms with Crippen LogP contribution in [0.4, 0.5) is 19.4 Å². The van der Waals surface area contributed by atoms with Gasteiger partial charge < -0.3 is 9.30 Å². The maximum absolute atomic E-state index is 15.6. The van der Waals surface area contributed by atoms with E-state index in [-0.39, 0.29) is 46.5 Å². The topological polar surface area (TPSA) is 129 Å². The largest absolute Gasteiger partial charge is 0.444 e. The Hall–Kier alpha value is -4.78. The standard InChI is InChI=1S/C31H29ClF2N8O3/c1-15-16(2)27(21-13-22(36-29(21)34)19-7-9-25(37-28(19)33)38-30(44)45-31(3,4)5)42-24(15)10-17(11-26(42)43)20-12-18(32)6-8-23(20)41-14-35-39-40-41/h6-12,14-16,27H,13H2,1-5H3,(H,37,38,44)/t15-,16+,27+/m1/s1. The summed E-state index contributed by atoms with van der Waals surface area (Å²) in [4.78, 5) is 33.7. The lowest BCUT2D eigenvalue weighted by Gasteiger charge is -2.21. The molecule has 1 amide bonds. The zero-order valence-corrected chi connectivity index (χ0v) is 25.8. The van der Waals surface area contributed by atoms with Gasteiger partial charge in [0.05, 0.1) is 23.0 Å². The van der Waals surface area contributed by atoms with Crippen LogP contribution in [0.2, 0.25) is 5.02 Å². The summed E-state index contributed by atoms with van der Waals surface area (Å²) in [5.41, 5.74) is 1.97. The van der Waals surface area contributed by atoms with Crippen molar-refractivity contribution < 1.29 is 18.3 Å². The second-order valence-corrected chi connectivity index (χ2v) is 12.5. The Balaban J connectivity index is 1.29. The third-order valence-electron chi connectivity index (χ3n) is 8.00. The molecule has 0 aliphatic carbocycles. The number of rotatable bonds is 5. The summed E-state index contributed by atoms with van der Waals surface area (Å²) < 4.78 is 38.9. The van der Waals surface area contributed by atoms with E-state index < -0.39 is 29.6 Å². The number of pyridine rings is 2. The van der Waals surface area contributed by atoms with Crippen LogP contribution in [0.5, 0.6) is 0 Å². The molecule has 0 unspecified atom stereocenters. The van der Waals surface area contributed by atoms with E-state index in [0.29, 0.717) is 21.8 Å². The number of allylic oxidation sites excluding steroid dienone is 1. The van der Waals surface area contributed by atoms with Gasteiger partial charge in [-0.3, -0.25) is 10.1 Å². The number of fused-ring (bicyclic) bond motifs is 1. The smallest absolute Gasteiger partial charge is 0.413 e. The Kier molecular flexibility index (Phi) is 7.59. The first-order valence-corrected chi connectivity index (χ1v) is 14.6. The van der Waals surface area contributed by atoms with Crippen molar-refractivity contribution in [3.63, 3.8) is 0 Å². The van der Waals surface area contributed by atoms with Crippen LogP contribution < -0.4 is 10.9 Å². The van der Waals surface area contributed by atoms with Gasteiger partial charge in [-0.1, -0.05) is 25.4 Å². The van der Waals surface area contributed by atoms with E-state index in [2.05, 4.69) is 30.8 Å². The molecular weight excluding hydrogens is 606 g/mol. The fourth-order valence-corrected chi connectivity index (χ4v) is 6.03. The monoisotopic (exact) mass is 634 g/mol. The lowest BCUT2D eigenvalue weighted by Crippen LogP contribution is -2.27. The molecular formula is C31H29ClF2N8O3. The molecule has 2 aliphatic rings. The van der Waals surface area contributed by atoms with E-state index in [4.69, 9.17) is 16.3 Å². The summed E-state index contributed by atoms with van der Waals surface area (Å²) in [6.45, 7) is 9.03. The van der Waals surface area contributed by atoms with E-state index in [1.807, 2.05) is 19.9 Å². The van der Waals surface area contributed by atoms with Crippen molar-refractivity contribution in [1.82, 2.24) is 29.8 Å².